The topological polar surface area (TPSA) is 67.4 Å². The van der Waals surface area contributed by atoms with E-state index >= 15 is 0 Å². The average molecular weight is 471 g/mol. The van der Waals surface area contributed by atoms with Crippen molar-refractivity contribution in [3.63, 3.8) is 0 Å². The van der Waals surface area contributed by atoms with Crippen LogP contribution in [0.15, 0.2) is 64.9 Å². The molecule has 2 aromatic carbocycles. The Morgan fingerprint density at radius 2 is 1.68 bits per heavy atom. The molecule has 166 valence electrons. The van der Waals surface area contributed by atoms with Crippen LogP contribution in [0.2, 0.25) is 0 Å². The third-order valence-electron chi connectivity index (χ3n) is 4.18. The number of hydrogen-bond acceptors (Lipinski definition) is 5. The molecular weight excluding hydrogens is 449 g/mol. The van der Waals surface area contributed by atoms with Gasteiger partial charge in [-0.25, -0.2) is 8.42 Å². The van der Waals surface area contributed by atoms with Crippen molar-refractivity contribution < 1.29 is 26.3 Å². The van der Waals surface area contributed by atoms with Crippen molar-refractivity contribution in [2.24, 2.45) is 0 Å². The van der Waals surface area contributed by atoms with Crippen molar-refractivity contribution in [1.82, 2.24) is 5.32 Å². The summed E-state index contributed by atoms with van der Waals surface area (Å²) in [5.41, 5.74) is 1.89. The number of sulfonamides is 1. The average Bonchev–Trinajstić information content (AvgIpc) is 3.17. The Kier molecular flexibility index (Phi) is 6.93. The zero-order valence-electron chi connectivity index (χ0n) is 16.7. The first kappa shape index (κ1) is 23.1. The maximum atomic E-state index is 12.9. The summed E-state index contributed by atoms with van der Waals surface area (Å²) in [6.07, 6.45) is -4.77. The number of alkyl halides is 3. The quantitative estimate of drug-likeness (QED) is 0.449. The monoisotopic (exact) mass is 470 g/mol. The Labute approximate surface area is 182 Å². The van der Waals surface area contributed by atoms with Crippen LogP contribution in [-0.2, 0) is 16.6 Å². The molecule has 0 spiro atoms. The summed E-state index contributed by atoms with van der Waals surface area (Å²) >= 11 is 1.03. The van der Waals surface area contributed by atoms with Crippen molar-refractivity contribution >= 4 is 27.0 Å². The number of para-hydroxylation sites is 1. The second-order valence-electron chi connectivity index (χ2n) is 6.99. The molecule has 0 atom stereocenters. The SMILES string of the molecule is CC(C)NCc1ccccc1NS(=O)(=O)c1ccc(-c2ccc(OC(F)(F)F)cc2)s1. The molecule has 0 aliphatic rings. The van der Waals surface area contributed by atoms with E-state index in [0.717, 1.165) is 16.9 Å². The maximum absolute atomic E-state index is 12.9. The molecule has 0 saturated heterocycles. The molecule has 10 heteroatoms. The number of rotatable bonds is 8. The van der Waals surface area contributed by atoms with Crippen LogP contribution in [0.5, 0.6) is 5.75 Å². The van der Waals surface area contributed by atoms with E-state index in [0.29, 0.717) is 22.7 Å². The fourth-order valence-corrected chi connectivity index (χ4v) is 5.14. The molecule has 0 bridgehead atoms. The molecule has 31 heavy (non-hydrogen) atoms. The van der Waals surface area contributed by atoms with Crippen LogP contribution in [0.4, 0.5) is 18.9 Å². The standard InChI is InChI=1S/C21H21F3N2O3S2/c1-14(2)25-13-16-5-3-4-6-18(16)26-31(27,28)20-12-11-19(30-20)15-7-9-17(10-8-15)29-21(22,23)24/h3-12,14,25-26H,13H2,1-2H3. The van der Waals surface area contributed by atoms with Gasteiger partial charge in [-0.3, -0.25) is 4.72 Å². The number of benzene rings is 2. The first-order chi connectivity index (χ1) is 14.5. The summed E-state index contributed by atoms with van der Waals surface area (Å²) in [5, 5.41) is 3.26. The first-order valence-electron chi connectivity index (χ1n) is 9.33. The molecule has 0 unspecified atom stereocenters. The number of anilines is 1. The molecule has 0 radical (unpaired) electrons. The van der Waals surface area contributed by atoms with Gasteiger partial charge in [0.15, 0.2) is 0 Å². The number of hydrogen-bond donors (Lipinski definition) is 2. The van der Waals surface area contributed by atoms with Gasteiger partial charge in [0.25, 0.3) is 10.0 Å². The Bertz CT molecular complexity index is 1130. The summed E-state index contributed by atoms with van der Waals surface area (Å²) < 4.78 is 69.2. The molecule has 1 heterocycles. The Morgan fingerprint density at radius 3 is 2.32 bits per heavy atom. The highest BCUT2D eigenvalue weighted by Crippen LogP contribution is 2.33. The summed E-state index contributed by atoms with van der Waals surface area (Å²) in [4.78, 5) is 0.605. The van der Waals surface area contributed by atoms with Gasteiger partial charge in [0.2, 0.25) is 0 Å². The highest BCUT2D eigenvalue weighted by atomic mass is 32.2. The second-order valence-corrected chi connectivity index (χ2v) is 9.98. The second kappa shape index (κ2) is 9.29. The summed E-state index contributed by atoms with van der Waals surface area (Å²) in [7, 11) is -3.83. The summed E-state index contributed by atoms with van der Waals surface area (Å²) in [6, 6.07) is 15.7. The number of halogens is 3. The zero-order valence-corrected chi connectivity index (χ0v) is 18.4. The van der Waals surface area contributed by atoms with Gasteiger partial charge in [-0.05, 0) is 53.6 Å². The van der Waals surface area contributed by atoms with E-state index in [2.05, 4.69) is 14.8 Å². The number of ether oxygens (including phenoxy) is 1. The normalized spacial score (nSPS) is 12.2. The van der Waals surface area contributed by atoms with Crippen LogP contribution < -0.4 is 14.8 Å². The lowest BCUT2D eigenvalue weighted by molar-refractivity contribution is -0.274. The first-order valence-corrected chi connectivity index (χ1v) is 11.6. The lowest BCUT2D eigenvalue weighted by Crippen LogP contribution is -2.23. The maximum Gasteiger partial charge on any atom is 0.573 e. The highest BCUT2D eigenvalue weighted by molar-refractivity contribution is 7.94. The summed E-state index contributed by atoms with van der Waals surface area (Å²) in [5.74, 6) is -0.339. The zero-order chi connectivity index (χ0) is 22.6. The fraction of sp³-hybridized carbons (Fsp3) is 0.238. The van der Waals surface area contributed by atoms with Gasteiger partial charge in [-0.15, -0.1) is 24.5 Å². The minimum Gasteiger partial charge on any atom is -0.406 e. The minimum atomic E-state index is -4.77. The highest BCUT2D eigenvalue weighted by Gasteiger charge is 2.31. The van der Waals surface area contributed by atoms with E-state index in [-0.39, 0.29) is 16.0 Å². The van der Waals surface area contributed by atoms with Crippen molar-refractivity contribution in [3.05, 3.63) is 66.2 Å². The van der Waals surface area contributed by atoms with Crippen LogP contribution in [0.1, 0.15) is 19.4 Å². The van der Waals surface area contributed by atoms with Gasteiger partial charge in [0.05, 0.1) is 5.69 Å². The van der Waals surface area contributed by atoms with Gasteiger partial charge in [0.1, 0.15) is 9.96 Å². The Hall–Kier alpha value is -2.56. The van der Waals surface area contributed by atoms with Crippen LogP contribution in [0.25, 0.3) is 10.4 Å². The predicted octanol–water partition coefficient (Wildman–Crippen LogP) is 5.61. The van der Waals surface area contributed by atoms with Gasteiger partial charge in [-0.2, -0.15) is 0 Å². The van der Waals surface area contributed by atoms with Crippen molar-refractivity contribution in [2.75, 3.05) is 4.72 Å². The van der Waals surface area contributed by atoms with E-state index in [4.69, 9.17) is 0 Å². The Balaban J connectivity index is 1.78. The number of nitrogens with one attached hydrogen (secondary N) is 2. The van der Waals surface area contributed by atoms with Gasteiger partial charge < -0.3 is 10.1 Å². The van der Waals surface area contributed by atoms with Gasteiger partial charge in [-0.1, -0.05) is 32.0 Å². The van der Waals surface area contributed by atoms with E-state index in [1.165, 1.54) is 30.3 Å². The molecule has 0 aliphatic carbocycles. The van der Waals surface area contributed by atoms with E-state index < -0.39 is 16.4 Å². The fourth-order valence-electron chi connectivity index (χ4n) is 2.72. The Morgan fingerprint density at radius 1 is 1.00 bits per heavy atom. The summed E-state index contributed by atoms with van der Waals surface area (Å²) in [6.45, 7) is 4.52. The van der Waals surface area contributed by atoms with Crippen LogP contribution in [0, 0.1) is 0 Å². The van der Waals surface area contributed by atoms with Crippen molar-refractivity contribution in [1.29, 1.82) is 0 Å². The smallest absolute Gasteiger partial charge is 0.406 e. The van der Waals surface area contributed by atoms with Gasteiger partial charge >= 0.3 is 6.36 Å². The largest absolute Gasteiger partial charge is 0.573 e. The molecule has 0 fully saturated rings. The molecule has 0 aliphatic heterocycles. The predicted molar refractivity (Wildman–Crippen MR) is 116 cm³/mol. The third kappa shape index (κ3) is 6.46. The molecule has 1 aromatic heterocycles. The molecular formula is C21H21F3N2O3S2. The lowest BCUT2D eigenvalue weighted by atomic mass is 10.2. The number of thiophene rings is 1. The minimum absolute atomic E-state index is 0.102. The van der Waals surface area contributed by atoms with Crippen molar-refractivity contribution in [2.45, 2.75) is 37.0 Å². The molecule has 3 aromatic rings. The van der Waals surface area contributed by atoms with Crippen LogP contribution in [0.3, 0.4) is 0 Å². The van der Waals surface area contributed by atoms with E-state index in [1.807, 2.05) is 26.0 Å². The molecule has 0 saturated carbocycles. The van der Waals surface area contributed by atoms with E-state index in [9.17, 15) is 21.6 Å². The van der Waals surface area contributed by atoms with Gasteiger partial charge in [0, 0.05) is 17.5 Å². The molecule has 2 N–H and O–H groups in total. The molecule has 3 rings (SSSR count). The molecule has 5 nitrogen and oxygen atoms in total. The van der Waals surface area contributed by atoms with Crippen LogP contribution >= 0.6 is 11.3 Å². The van der Waals surface area contributed by atoms with E-state index in [1.54, 1.807) is 18.2 Å². The third-order valence-corrected chi connectivity index (χ3v) is 7.17. The lowest BCUT2D eigenvalue weighted by Gasteiger charge is -2.14. The molecule has 0 amide bonds. The van der Waals surface area contributed by atoms with Crippen molar-refractivity contribution in [3.8, 4) is 16.2 Å². The van der Waals surface area contributed by atoms with Crippen LogP contribution in [-0.4, -0.2) is 20.8 Å².